The average molecular weight is 202 g/mol. The zero-order valence-corrected chi connectivity index (χ0v) is 9.67. The molecule has 0 aromatic carbocycles. The van der Waals surface area contributed by atoms with Gasteiger partial charge >= 0.3 is 0 Å². The third kappa shape index (κ3) is 2.86. The molecule has 2 rings (SSSR count). The molecule has 1 saturated carbocycles. The third-order valence-electron chi connectivity index (χ3n) is 2.62. The van der Waals surface area contributed by atoms with Gasteiger partial charge in [0, 0.05) is 30.1 Å². The second-order valence-corrected chi connectivity index (χ2v) is 5.51. The van der Waals surface area contributed by atoms with Crippen molar-refractivity contribution >= 4 is 0 Å². The van der Waals surface area contributed by atoms with Gasteiger partial charge in [0.2, 0.25) is 0 Å². The number of rotatable bonds is 1. The van der Waals surface area contributed by atoms with Crippen LogP contribution in [0.5, 0.6) is 0 Å². The Balaban J connectivity index is 1.85. The molecule has 0 spiro atoms. The van der Waals surface area contributed by atoms with Crippen molar-refractivity contribution in [2.24, 2.45) is 11.3 Å². The Hall–Kier alpha value is -1.23. The summed E-state index contributed by atoms with van der Waals surface area (Å²) in [4.78, 5) is 7.19. The minimum Gasteiger partial charge on any atom is -0.348 e. The standard InChI is InChI=1S/C13H18N2/c1-13(2,3)6-4-5-10-7-11(10)12-8-14-9-15-12/h8-11H,6-7H2,1-3H3,(H,14,15). The lowest BCUT2D eigenvalue weighted by Gasteiger charge is -2.12. The van der Waals surface area contributed by atoms with Crippen molar-refractivity contribution in [2.45, 2.75) is 39.5 Å². The highest BCUT2D eigenvalue weighted by Crippen LogP contribution is 2.45. The first-order chi connectivity index (χ1) is 7.06. The fourth-order valence-electron chi connectivity index (χ4n) is 1.61. The van der Waals surface area contributed by atoms with E-state index in [1.165, 1.54) is 12.1 Å². The molecule has 2 heteroatoms. The van der Waals surface area contributed by atoms with Crippen LogP contribution in [0.1, 0.15) is 45.2 Å². The van der Waals surface area contributed by atoms with Crippen LogP contribution in [0.4, 0.5) is 0 Å². The van der Waals surface area contributed by atoms with Crippen molar-refractivity contribution in [1.82, 2.24) is 9.97 Å². The molecule has 1 fully saturated rings. The maximum Gasteiger partial charge on any atom is 0.0921 e. The van der Waals surface area contributed by atoms with Gasteiger partial charge in [0.05, 0.1) is 6.33 Å². The summed E-state index contributed by atoms with van der Waals surface area (Å²) in [5, 5.41) is 0. The molecule has 2 atom stereocenters. The van der Waals surface area contributed by atoms with Gasteiger partial charge in [-0.25, -0.2) is 4.98 Å². The number of nitrogens with one attached hydrogen (secondary N) is 1. The summed E-state index contributed by atoms with van der Waals surface area (Å²) in [6.07, 6.45) is 5.84. The Kier molecular flexibility index (Phi) is 2.56. The molecular formula is C13H18N2. The monoisotopic (exact) mass is 202 g/mol. The molecule has 1 heterocycles. The first-order valence-electron chi connectivity index (χ1n) is 5.53. The lowest BCUT2D eigenvalue weighted by Crippen LogP contribution is -2.02. The van der Waals surface area contributed by atoms with Crippen LogP contribution >= 0.6 is 0 Å². The van der Waals surface area contributed by atoms with Gasteiger partial charge in [0.1, 0.15) is 0 Å². The normalized spacial score (nSPS) is 24.5. The molecule has 80 valence electrons. The summed E-state index contributed by atoms with van der Waals surface area (Å²) >= 11 is 0. The van der Waals surface area contributed by atoms with Crippen LogP contribution in [0, 0.1) is 23.2 Å². The first-order valence-corrected chi connectivity index (χ1v) is 5.53. The zero-order valence-electron chi connectivity index (χ0n) is 9.67. The molecule has 1 aliphatic carbocycles. The molecule has 2 nitrogen and oxygen atoms in total. The van der Waals surface area contributed by atoms with Crippen molar-refractivity contribution in [3.05, 3.63) is 18.2 Å². The van der Waals surface area contributed by atoms with Crippen LogP contribution in [0.15, 0.2) is 12.5 Å². The molecule has 2 unspecified atom stereocenters. The summed E-state index contributed by atoms with van der Waals surface area (Å²) in [6, 6.07) is 0. The molecule has 1 N–H and O–H groups in total. The Morgan fingerprint density at radius 3 is 2.93 bits per heavy atom. The van der Waals surface area contributed by atoms with E-state index in [9.17, 15) is 0 Å². The number of imidazole rings is 1. The highest BCUT2D eigenvalue weighted by Gasteiger charge is 2.37. The van der Waals surface area contributed by atoms with E-state index in [0.717, 1.165) is 6.42 Å². The molecular weight excluding hydrogens is 184 g/mol. The van der Waals surface area contributed by atoms with Gasteiger partial charge in [-0.05, 0) is 11.8 Å². The smallest absolute Gasteiger partial charge is 0.0921 e. The Morgan fingerprint density at radius 1 is 1.53 bits per heavy atom. The van der Waals surface area contributed by atoms with Crippen molar-refractivity contribution in [3.8, 4) is 11.8 Å². The SMILES string of the molecule is CC(C)(C)CC#CC1CC1c1cnc[nH]1. The number of hydrogen-bond donors (Lipinski definition) is 1. The van der Waals surface area contributed by atoms with E-state index >= 15 is 0 Å². The van der Waals surface area contributed by atoms with Gasteiger partial charge in [-0.15, -0.1) is 5.92 Å². The maximum absolute atomic E-state index is 4.03. The van der Waals surface area contributed by atoms with E-state index in [2.05, 4.69) is 42.6 Å². The van der Waals surface area contributed by atoms with E-state index in [-0.39, 0.29) is 0 Å². The Morgan fingerprint density at radius 2 is 2.33 bits per heavy atom. The van der Waals surface area contributed by atoms with E-state index < -0.39 is 0 Å². The highest BCUT2D eigenvalue weighted by molar-refractivity contribution is 5.24. The lowest BCUT2D eigenvalue weighted by atomic mass is 9.93. The van der Waals surface area contributed by atoms with Crippen LogP contribution in [-0.2, 0) is 0 Å². The molecule has 0 aliphatic heterocycles. The van der Waals surface area contributed by atoms with Crippen LogP contribution in [0.2, 0.25) is 0 Å². The van der Waals surface area contributed by atoms with E-state index in [0.29, 0.717) is 17.3 Å². The third-order valence-corrected chi connectivity index (χ3v) is 2.62. The minimum absolute atomic E-state index is 0.325. The first kappa shape index (κ1) is 10.3. The maximum atomic E-state index is 4.03. The molecule has 0 bridgehead atoms. The van der Waals surface area contributed by atoms with Gasteiger partial charge in [-0.1, -0.05) is 26.7 Å². The second kappa shape index (κ2) is 3.73. The summed E-state index contributed by atoms with van der Waals surface area (Å²) < 4.78 is 0. The fraction of sp³-hybridized carbons (Fsp3) is 0.615. The van der Waals surface area contributed by atoms with Crippen LogP contribution in [-0.4, -0.2) is 9.97 Å². The van der Waals surface area contributed by atoms with Crippen molar-refractivity contribution in [2.75, 3.05) is 0 Å². The van der Waals surface area contributed by atoms with Crippen molar-refractivity contribution in [3.63, 3.8) is 0 Å². The van der Waals surface area contributed by atoms with Crippen LogP contribution < -0.4 is 0 Å². The van der Waals surface area contributed by atoms with Gasteiger partial charge in [-0.2, -0.15) is 0 Å². The minimum atomic E-state index is 0.325. The molecule has 0 amide bonds. The molecule has 0 saturated heterocycles. The van der Waals surface area contributed by atoms with Crippen LogP contribution in [0.25, 0.3) is 0 Å². The Labute approximate surface area is 91.5 Å². The number of H-pyrrole nitrogens is 1. The molecule has 0 radical (unpaired) electrons. The van der Waals surface area contributed by atoms with Gasteiger partial charge in [0.25, 0.3) is 0 Å². The second-order valence-electron chi connectivity index (χ2n) is 5.51. The van der Waals surface area contributed by atoms with Crippen molar-refractivity contribution in [1.29, 1.82) is 0 Å². The number of aromatic nitrogens is 2. The molecule has 15 heavy (non-hydrogen) atoms. The average Bonchev–Trinajstić information content (AvgIpc) is 2.71. The largest absolute Gasteiger partial charge is 0.348 e. The predicted molar refractivity (Wildman–Crippen MR) is 61.3 cm³/mol. The van der Waals surface area contributed by atoms with Gasteiger partial charge in [-0.3, -0.25) is 0 Å². The topological polar surface area (TPSA) is 28.7 Å². The number of aromatic amines is 1. The van der Waals surface area contributed by atoms with E-state index in [4.69, 9.17) is 0 Å². The molecule has 1 aromatic heterocycles. The summed E-state index contributed by atoms with van der Waals surface area (Å²) in [6.45, 7) is 6.67. The van der Waals surface area contributed by atoms with Crippen LogP contribution in [0.3, 0.4) is 0 Å². The van der Waals surface area contributed by atoms with E-state index in [1.54, 1.807) is 6.33 Å². The molecule has 1 aliphatic rings. The fourth-order valence-corrected chi connectivity index (χ4v) is 1.61. The summed E-state index contributed by atoms with van der Waals surface area (Å²) in [5.74, 6) is 7.82. The highest BCUT2D eigenvalue weighted by atomic mass is 14.9. The predicted octanol–water partition coefficient (Wildman–Crippen LogP) is 2.95. The van der Waals surface area contributed by atoms with Gasteiger partial charge < -0.3 is 4.98 Å². The van der Waals surface area contributed by atoms with Gasteiger partial charge in [0.15, 0.2) is 0 Å². The van der Waals surface area contributed by atoms with E-state index in [1.807, 2.05) is 6.20 Å². The Bertz CT molecular complexity index is 373. The number of hydrogen-bond acceptors (Lipinski definition) is 1. The van der Waals surface area contributed by atoms with Crippen molar-refractivity contribution < 1.29 is 0 Å². The molecule has 1 aromatic rings. The summed E-state index contributed by atoms with van der Waals surface area (Å²) in [7, 11) is 0. The lowest BCUT2D eigenvalue weighted by molar-refractivity contribution is 0.427. The summed E-state index contributed by atoms with van der Waals surface area (Å²) in [5.41, 5.74) is 1.57. The number of nitrogens with zero attached hydrogens (tertiary/aromatic N) is 1. The quantitative estimate of drug-likeness (QED) is 0.697. The zero-order chi connectivity index (χ0) is 10.9.